The molecule has 13 heteroatoms. The number of alkyl carbamates (subject to hydrolysis) is 1. The molecule has 1 saturated carbocycles. The number of hydrogen-bond acceptors (Lipinski definition) is 9. The van der Waals surface area contributed by atoms with E-state index in [4.69, 9.17) is 4.74 Å². The number of carbonyl (C=O) groups is 4. The standard InChI is InChI=1S/C46H61N7O5S.3C2H6/c1-8-33(47-28(6)36-11-9-23-52(36)44(55)40(26(2)3)50-43(54)31-17-18-31)29-13-15-30(16-14-29)38-21-22-39(59-38)32-19-20-34-35(25-32)49-42(48-34)37-12-10-24-53(37)45(56)41(27(4)5)51-46(57)58-7;3*1-2/h8,13-16,19-22,25-28,31,36-37,40-42,47-49H,9-12,17-18,23-24H2,1-7H3,(H,50,54)(H,51,57);3*1-2H3/b33-8-;;;/t28?,36-,37-,40-,41-,42?;;;/m0.../s1. The maximum atomic E-state index is 13.8. The summed E-state index contributed by atoms with van der Waals surface area (Å²) in [6.07, 6.45) is 6.81. The molecule has 6 atom stereocenters. The first-order valence-electron chi connectivity index (χ1n) is 24.4. The number of allylic oxidation sites excluding steroid dienone is 1. The highest BCUT2D eigenvalue weighted by atomic mass is 32.1. The van der Waals surface area contributed by atoms with E-state index in [2.05, 4.69) is 94.2 Å². The number of benzene rings is 2. The number of methoxy groups -OCH3 is 1. The molecule has 4 heterocycles. The van der Waals surface area contributed by atoms with Gasteiger partial charge in [-0.05, 0) is 105 Å². The number of anilines is 2. The lowest BCUT2D eigenvalue weighted by molar-refractivity contribution is -0.139. The molecule has 7 rings (SSSR count). The van der Waals surface area contributed by atoms with Gasteiger partial charge in [-0.3, -0.25) is 14.4 Å². The minimum Gasteiger partial charge on any atom is -0.453 e. The van der Waals surface area contributed by atoms with Crippen molar-refractivity contribution in [1.82, 2.24) is 25.8 Å². The van der Waals surface area contributed by atoms with E-state index < -0.39 is 18.2 Å². The van der Waals surface area contributed by atoms with Gasteiger partial charge in [0.2, 0.25) is 17.7 Å². The van der Waals surface area contributed by atoms with Gasteiger partial charge in [-0.25, -0.2) is 4.79 Å². The predicted octanol–water partition coefficient (Wildman–Crippen LogP) is 10.6. The fourth-order valence-electron chi connectivity index (χ4n) is 8.83. The van der Waals surface area contributed by atoms with Crippen LogP contribution in [0.5, 0.6) is 0 Å². The Morgan fingerprint density at radius 1 is 0.692 bits per heavy atom. The molecule has 4 amide bonds. The number of thiophene rings is 1. The molecule has 2 saturated heterocycles. The molecule has 2 unspecified atom stereocenters. The summed E-state index contributed by atoms with van der Waals surface area (Å²) in [6.45, 7) is 25.4. The van der Waals surface area contributed by atoms with Crippen molar-refractivity contribution in [2.24, 2.45) is 17.8 Å². The largest absolute Gasteiger partial charge is 0.453 e. The fraction of sp³-hybridized carbons (Fsp3) is 0.577. The zero-order valence-corrected chi connectivity index (χ0v) is 42.3. The molecule has 3 aliphatic heterocycles. The van der Waals surface area contributed by atoms with Crippen molar-refractivity contribution in [2.45, 2.75) is 158 Å². The van der Waals surface area contributed by atoms with Crippen molar-refractivity contribution in [1.29, 1.82) is 0 Å². The predicted molar refractivity (Wildman–Crippen MR) is 270 cm³/mol. The molecule has 3 aromatic rings. The number of hydrogen-bond donors (Lipinski definition) is 5. The van der Waals surface area contributed by atoms with Gasteiger partial charge >= 0.3 is 6.09 Å². The van der Waals surface area contributed by atoms with Crippen molar-refractivity contribution in [2.75, 3.05) is 30.8 Å². The number of nitrogens with one attached hydrogen (secondary N) is 5. The zero-order chi connectivity index (χ0) is 48.0. The molecule has 358 valence electrons. The van der Waals surface area contributed by atoms with Gasteiger partial charge in [0, 0.05) is 40.5 Å². The molecule has 65 heavy (non-hydrogen) atoms. The van der Waals surface area contributed by atoms with Crippen molar-refractivity contribution in [3.8, 4) is 20.9 Å². The lowest BCUT2D eigenvalue weighted by Crippen LogP contribution is -2.56. The first kappa shape index (κ1) is 52.6. The topological polar surface area (TPSA) is 144 Å². The van der Waals surface area contributed by atoms with Crippen LogP contribution in [0.2, 0.25) is 0 Å². The van der Waals surface area contributed by atoms with Crippen LogP contribution < -0.4 is 26.6 Å². The van der Waals surface area contributed by atoms with Gasteiger partial charge in [0.05, 0.1) is 30.6 Å². The molecule has 4 aliphatic rings. The van der Waals surface area contributed by atoms with Gasteiger partial charge in [0.1, 0.15) is 18.2 Å². The van der Waals surface area contributed by atoms with Crippen LogP contribution in [0.4, 0.5) is 16.2 Å². The molecular formula is C52H79N7O5S. The lowest BCUT2D eigenvalue weighted by atomic mass is 10.00. The van der Waals surface area contributed by atoms with Crippen LogP contribution >= 0.6 is 11.3 Å². The van der Waals surface area contributed by atoms with Crippen LogP contribution in [-0.4, -0.2) is 90.2 Å². The molecule has 0 bridgehead atoms. The Hall–Kier alpha value is -5.04. The first-order chi connectivity index (χ1) is 31.4. The number of amides is 4. The minimum absolute atomic E-state index is 0.0150. The summed E-state index contributed by atoms with van der Waals surface area (Å²) >= 11 is 1.75. The summed E-state index contributed by atoms with van der Waals surface area (Å²) in [7, 11) is 1.31. The normalized spacial score (nSPS) is 20.0. The van der Waals surface area contributed by atoms with Gasteiger partial charge in [-0.1, -0.05) is 106 Å². The third-order valence-corrected chi connectivity index (χ3v) is 13.6. The molecule has 1 aromatic heterocycles. The van der Waals surface area contributed by atoms with E-state index in [9.17, 15) is 19.2 Å². The third-order valence-electron chi connectivity index (χ3n) is 12.4. The molecule has 1 aliphatic carbocycles. The van der Waals surface area contributed by atoms with Gasteiger partial charge in [-0.2, -0.15) is 0 Å². The summed E-state index contributed by atoms with van der Waals surface area (Å²) in [5.74, 6) is -0.0379. The van der Waals surface area contributed by atoms with Crippen molar-refractivity contribution < 1.29 is 23.9 Å². The highest BCUT2D eigenvalue weighted by molar-refractivity contribution is 7.18. The van der Waals surface area contributed by atoms with Gasteiger partial charge in [0.15, 0.2) is 0 Å². The number of rotatable bonds is 14. The third kappa shape index (κ3) is 12.9. The van der Waals surface area contributed by atoms with Crippen LogP contribution in [0.3, 0.4) is 0 Å². The summed E-state index contributed by atoms with van der Waals surface area (Å²) in [4.78, 5) is 58.4. The van der Waals surface area contributed by atoms with E-state index in [1.54, 1.807) is 11.3 Å². The van der Waals surface area contributed by atoms with Crippen molar-refractivity contribution in [3.05, 3.63) is 66.2 Å². The first-order valence-corrected chi connectivity index (χ1v) is 25.2. The average Bonchev–Trinajstić information content (AvgIpc) is 3.74. The second-order valence-electron chi connectivity index (χ2n) is 17.2. The second kappa shape index (κ2) is 25.0. The highest BCUT2D eigenvalue weighted by Gasteiger charge is 2.42. The van der Waals surface area contributed by atoms with Crippen LogP contribution in [-0.2, 0) is 19.1 Å². The van der Waals surface area contributed by atoms with E-state index in [0.717, 1.165) is 77.2 Å². The second-order valence-corrected chi connectivity index (χ2v) is 18.3. The summed E-state index contributed by atoms with van der Waals surface area (Å²) in [6, 6.07) is 18.2. The Labute approximate surface area is 394 Å². The Morgan fingerprint density at radius 3 is 1.85 bits per heavy atom. The summed E-state index contributed by atoms with van der Waals surface area (Å²) in [5.41, 5.74) is 6.38. The molecule has 5 N–H and O–H groups in total. The van der Waals surface area contributed by atoms with E-state index in [1.807, 2.05) is 86.0 Å². The van der Waals surface area contributed by atoms with E-state index >= 15 is 0 Å². The molecule has 0 radical (unpaired) electrons. The highest BCUT2D eigenvalue weighted by Crippen LogP contribution is 2.40. The van der Waals surface area contributed by atoms with Crippen molar-refractivity contribution in [3.63, 3.8) is 0 Å². The summed E-state index contributed by atoms with van der Waals surface area (Å²) < 4.78 is 4.79. The molecule has 2 aromatic carbocycles. The molecule has 0 spiro atoms. The van der Waals surface area contributed by atoms with Gasteiger partial charge in [0.25, 0.3) is 0 Å². The number of likely N-dealkylation sites (tertiary alicyclic amines) is 2. The van der Waals surface area contributed by atoms with Crippen LogP contribution in [0.25, 0.3) is 26.6 Å². The number of nitrogens with zero attached hydrogens (tertiary/aromatic N) is 2. The Kier molecular flexibility index (Phi) is 20.2. The van der Waals surface area contributed by atoms with Crippen LogP contribution in [0.1, 0.15) is 127 Å². The van der Waals surface area contributed by atoms with Crippen LogP contribution in [0, 0.1) is 17.8 Å². The number of carbonyl (C=O) groups excluding carboxylic acids is 4. The smallest absolute Gasteiger partial charge is 0.407 e. The average molecular weight is 914 g/mol. The maximum absolute atomic E-state index is 13.8. The quantitative estimate of drug-likeness (QED) is 0.108. The van der Waals surface area contributed by atoms with E-state index in [1.165, 1.54) is 12.0 Å². The van der Waals surface area contributed by atoms with E-state index in [0.29, 0.717) is 13.1 Å². The lowest BCUT2D eigenvalue weighted by Gasteiger charge is -2.35. The van der Waals surface area contributed by atoms with Crippen molar-refractivity contribution >= 4 is 52.2 Å². The Balaban J connectivity index is 0.00000148. The molecular weight excluding hydrogens is 835 g/mol. The van der Waals surface area contributed by atoms with Gasteiger partial charge in [-0.15, -0.1) is 11.3 Å². The number of ether oxygens (including phenoxy) is 1. The zero-order valence-electron chi connectivity index (χ0n) is 41.5. The SMILES string of the molecule is C/C=C(\NC(C)[C@@H]1CCCN1C(=O)[C@@H](NC(=O)C1CC1)C(C)C)c1ccc(-c2ccc(-c3ccc4c(c3)NC([C@@H]3CCCN3C(=O)[C@@H](NC(=O)OC)C(C)C)N4)s2)cc1.CC.CC.CC. The minimum atomic E-state index is -0.656. The monoisotopic (exact) mass is 914 g/mol. The number of fused-ring (bicyclic) bond motifs is 1. The fourth-order valence-corrected chi connectivity index (χ4v) is 9.84. The van der Waals surface area contributed by atoms with E-state index in [-0.39, 0.29) is 59.8 Å². The van der Waals surface area contributed by atoms with Crippen LogP contribution in [0.15, 0.2) is 60.7 Å². The van der Waals surface area contributed by atoms with Gasteiger partial charge < -0.3 is 41.1 Å². The Bertz CT molecular complexity index is 2040. The summed E-state index contributed by atoms with van der Waals surface area (Å²) in [5, 5.41) is 16.8. The maximum Gasteiger partial charge on any atom is 0.407 e. The molecule has 3 fully saturated rings. The molecule has 12 nitrogen and oxygen atoms in total. The Morgan fingerprint density at radius 2 is 1.25 bits per heavy atom.